The number of imidazole rings is 1. The fraction of sp³-hybridized carbons (Fsp3) is 0.562. The van der Waals surface area contributed by atoms with E-state index in [0.717, 1.165) is 22.4 Å². The van der Waals surface area contributed by atoms with Gasteiger partial charge in [-0.25, -0.2) is 4.98 Å². The van der Waals surface area contributed by atoms with Crippen LogP contribution in [-0.2, 0) is 11.2 Å². The van der Waals surface area contributed by atoms with Crippen LogP contribution in [0.2, 0.25) is 0 Å². The second-order valence-corrected chi connectivity index (χ2v) is 6.04. The van der Waals surface area contributed by atoms with Gasteiger partial charge in [0.25, 0.3) is 0 Å². The summed E-state index contributed by atoms with van der Waals surface area (Å²) in [6, 6.07) is 4.03. The number of aromatic amines is 1. The number of alkyl halides is 3. The van der Waals surface area contributed by atoms with Gasteiger partial charge in [0.1, 0.15) is 5.82 Å². The summed E-state index contributed by atoms with van der Waals surface area (Å²) in [5.41, 5.74) is 4.22. The molecule has 1 aliphatic rings. The van der Waals surface area contributed by atoms with Crippen molar-refractivity contribution in [2.75, 3.05) is 26.2 Å². The lowest BCUT2D eigenvalue weighted by Crippen LogP contribution is -2.49. The Balaban J connectivity index is 1.65. The van der Waals surface area contributed by atoms with E-state index in [1.165, 1.54) is 5.56 Å². The van der Waals surface area contributed by atoms with Crippen molar-refractivity contribution in [2.24, 2.45) is 0 Å². The van der Waals surface area contributed by atoms with Gasteiger partial charge in [0.05, 0.1) is 17.6 Å². The molecule has 2 heterocycles. The van der Waals surface area contributed by atoms with Gasteiger partial charge in [-0.15, -0.1) is 0 Å². The number of ether oxygens (including phenoxy) is 1. The second-order valence-electron chi connectivity index (χ2n) is 6.04. The molecular formula is C16H20F3N3O. The molecule has 4 nitrogen and oxygen atoms in total. The van der Waals surface area contributed by atoms with E-state index in [1.54, 1.807) is 4.90 Å². The quantitative estimate of drug-likeness (QED) is 0.942. The number of rotatable bonds is 3. The lowest BCUT2D eigenvalue weighted by Gasteiger charge is -2.33. The van der Waals surface area contributed by atoms with Crippen LogP contribution in [0.4, 0.5) is 13.2 Å². The second kappa shape index (κ2) is 6.13. The van der Waals surface area contributed by atoms with Crippen molar-refractivity contribution in [2.45, 2.75) is 32.5 Å². The van der Waals surface area contributed by atoms with Crippen LogP contribution >= 0.6 is 0 Å². The van der Waals surface area contributed by atoms with Crippen LogP contribution in [0.5, 0.6) is 0 Å². The summed E-state index contributed by atoms with van der Waals surface area (Å²) in [6.45, 7) is 5.12. The molecule has 1 aromatic carbocycles. The third-order valence-corrected chi connectivity index (χ3v) is 4.41. The molecule has 23 heavy (non-hydrogen) atoms. The Bertz CT molecular complexity index is 696. The highest BCUT2D eigenvalue weighted by Gasteiger charge is 2.43. The van der Waals surface area contributed by atoms with Gasteiger partial charge in [0.2, 0.25) is 0 Å². The van der Waals surface area contributed by atoms with Crippen molar-refractivity contribution in [3.8, 4) is 0 Å². The summed E-state index contributed by atoms with van der Waals surface area (Å²) >= 11 is 0. The van der Waals surface area contributed by atoms with Gasteiger partial charge >= 0.3 is 6.18 Å². The number of aromatic nitrogens is 2. The molecule has 1 saturated heterocycles. The lowest BCUT2D eigenvalue weighted by molar-refractivity contribution is -0.237. The highest BCUT2D eigenvalue weighted by molar-refractivity contribution is 5.79. The molecule has 0 bridgehead atoms. The van der Waals surface area contributed by atoms with E-state index in [2.05, 4.69) is 9.97 Å². The van der Waals surface area contributed by atoms with Gasteiger partial charge in [-0.2, -0.15) is 13.2 Å². The van der Waals surface area contributed by atoms with Crippen LogP contribution in [0.1, 0.15) is 17.0 Å². The monoisotopic (exact) mass is 327 g/mol. The number of nitrogens with one attached hydrogen (secondary N) is 1. The first-order valence-electron chi connectivity index (χ1n) is 7.70. The topological polar surface area (TPSA) is 41.2 Å². The van der Waals surface area contributed by atoms with Crippen molar-refractivity contribution in [3.05, 3.63) is 29.1 Å². The zero-order valence-electron chi connectivity index (χ0n) is 13.2. The minimum atomic E-state index is -4.30. The van der Waals surface area contributed by atoms with Crippen LogP contribution in [-0.4, -0.2) is 53.4 Å². The van der Waals surface area contributed by atoms with Gasteiger partial charge in [-0.1, -0.05) is 6.07 Å². The smallest absolute Gasteiger partial charge is 0.366 e. The zero-order chi connectivity index (χ0) is 16.6. The lowest BCUT2D eigenvalue weighted by atomic mass is 10.1. The van der Waals surface area contributed by atoms with Gasteiger partial charge < -0.3 is 9.72 Å². The number of H-pyrrole nitrogens is 1. The average molecular weight is 327 g/mol. The van der Waals surface area contributed by atoms with E-state index in [-0.39, 0.29) is 13.2 Å². The number of fused-ring (bicyclic) bond motifs is 1. The molecule has 0 amide bonds. The number of hydrogen-bond acceptors (Lipinski definition) is 3. The van der Waals surface area contributed by atoms with Crippen LogP contribution in [0, 0.1) is 13.8 Å². The molecule has 0 spiro atoms. The van der Waals surface area contributed by atoms with Crippen molar-refractivity contribution in [3.63, 3.8) is 0 Å². The number of aryl methyl sites for hydroxylation is 2. The van der Waals surface area contributed by atoms with E-state index in [4.69, 9.17) is 4.74 Å². The molecule has 1 fully saturated rings. The maximum Gasteiger partial charge on any atom is 0.415 e. The maximum absolute atomic E-state index is 12.7. The Morgan fingerprint density at radius 1 is 1.35 bits per heavy atom. The molecular weight excluding hydrogens is 307 g/mol. The molecule has 0 unspecified atom stereocenters. The minimum Gasteiger partial charge on any atom is -0.366 e. The zero-order valence-corrected chi connectivity index (χ0v) is 13.2. The predicted octanol–water partition coefficient (Wildman–Crippen LogP) is 2.99. The first kappa shape index (κ1) is 16.3. The Hall–Kier alpha value is -1.60. The largest absolute Gasteiger partial charge is 0.415 e. The summed E-state index contributed by atoms with van der Waals surface area (Å²) < 4.78 is 43.0. The van der Waals surface area contributed by atoms with Crippen molar-refractivity contribution < 1.29 is 17.9 Å². The molecule has 1 aromatic heterocycles. The predicted molar refractivity (Wildman–Crippen MR) is 81.5 cm³/mol. The van der Waals surface area contributed by atoms with Crippen molar-refractivity contribution in [1.29, 1.82) is 0 Å². The van der Waals surface area contributed by atoms with E-state index >= 15 is 0 Å². The summed E-state index contributed by atoms with van der Waals surface area (Å²) in [6.07, 6.45) is -5.39. The molecule has 2 aromatic rings. The minimum absolute atomic E-state index is 0.109. The normalized spacial score (nSPS) is 20.3. The van der Waals surface area contributed by atoms with Crippen molar-refractivity contribution in [1.82, 2.24) is 14.9 Å². The van der Waals surface area contributed by atoms with Crippen molar-refractivity contribution >= 4 is 11.0 Å². The fourth-order valence-corrected chi connectivity index (χ4v) is 2.85. The first-order valence-corrected chi connectivity index (χ1v) is 7.70. The summed E-state index contributed by atoms with van der Waals surface area (Å²) in [5.74, 6) is 0.809. The van der Waals surface area contributed by atoms with E-state index in [0.29, 0.717) is 19.5 Å². The Morgan fingerprint density at radius 3 is 2.87 bits per heavy atom. The van der Waals surface area contributed by atoms with Gasteiger partial charge in [-0.05, 0) is 31.0 Å². The number of benzene rings is 1. The molecule has 3 rings (SSSR count). The number of halogens is 3. The standard InChI is InChI=1S/C16H20F3N3O/c1-10-3-4-12-15(11(10)2)21-14(20-12)5-6-22-7-8-23-13(9-22)16(17,18)19/h3-4,13H,5-9H2,1-2H3,(H,20,21)/t13-/m1/s1. The molecule has 1 N–H and O–H groups in total. The number of nitrogens with zero attached hydrogens (tertiary/aromatic N) is 2. The Labute approximate surface area is 132 Å². The third kappa shape index (κ3) is 3.50. The highest BCUT2D eigenvalue weighted by Crippen LogP contribution is 2.26. The fourth-order valence-electron chi connectivity index (χ4n) is 2.85. The maximum atomic E-state index is 12.7. The molecule has 0 radical (unpaired) electrons. The van der Waals surface area contributed by atoms with Crippen LogP contribution < -0.4 is 0 Å². The molecule has 1 atom stereocenters. The Morgan fingerprint density at radius 2 is 2.13 bits per heavy atom. The first-order chi connectivity index (χ1) is 10.8. The third-order valence-electron chi connectivity index (χ3n) is 4.41. The Kier molecular flexibility index (Phi) is 4.33. The van der Waals surface area contributed by atoms with E-state index < -0.39 is 12.3 Å². The summed E-state index contributed by atoms with van der Waals surface area (Å²) in [5, 5.41) is 0. The molecule has 7 heteroatoms. The van der Waals surface area contributed by atoms with Gasteiger partial charge in [0, 0.05) is 26.1 Å². The van der Waals surface area contributed by atoms with Gasteiger partial charge in [-0.3, -0.25) is 4.90 Å². The average Bonchev–Trinajstić information content (AvgIpc) is 2.92. The van der Waals surface area contributed by atoms with E-state index in [9.17, 15) is 13.2 Å². The SMILES string of the molecule is Cc1ccc2[nH]c(CCN3CCO[C@@H](C(F)(F)F)C3)nc2c1C. The molecule has 0 saturated carbocycles. The van der Waals surface area contributed by atoms with Crippen LogP contribution in [0.15, 0.2) is 12.1 Å². The number of hydrogen-bond donors (Lipinski definition) is 1. The van der Waals surface area contributed by atoms with Gasteiger partial charge in [0.15, 0.2) is 6.10 Å². The van der Waals surface area contributed by atoms with E-state index in [1.807, 2.05) is 26.0 Å². The molecule has 126 valence electrons. The summed E-state index contributed by atoms with van der Waals surface area (Å²) in [7, 11) is 0. The molecule has 0 aliphatic carbocycles. The van der Waals surface area contributed by atoms with Crippen LogP contribution in [0.25, 0.3) is 11.0 Å². The molecule has 1 aliphatic heterocycles. The number of morpholine rings is 1. The summed E-state index contributed by atoms with van der Waals surface area (Å²) in [4.78, 5) is 9.63. The van der Waals surface area contributed by atoms with Crippen LogP contribution in [0.3, 0.4) is 0 Å². The highest BCUT2D eigenvalue weighted by atomic mass is 19.4.